The molecule has 0 N–H and O–H groups in total. The van der Waals surface area contributed by atoms with E-state index in [4.69, 9.17) is 9.05 Å². The smallest absolute Gasteiger partial charge is 0.304 e. The molecule has 86 valence electrons. The van der Waals surface area contributed by atoms with E-state index in [-0.39, 0.29) is 6.16 Å². The quantitative estimate of drug-likeness (QED) is 0.472. The van der Waals surface area contributed by atoms with E-state index in [1.807, 2.05) is 26.0 Å². The van der Waals surface area contributed by atoms with E-state index < -0.39 is 7.60 Å². The molecule has 0 saturated carbocycles. The van der Waals surface area contributed by atoms with Gasteiger partial charge < -0.3 is 9.05 Å². The summed E-state index contributed by atoms with van der Waals surface area (Å²) in [5.41, 5.74) is 0. The Kier molecular flexibility index (Phi) is 8.30. The van der Waals surface area contributed by atoms with Crippen LogP contribution in [0, 0.1) is 0 Å². The Balaban J connectivity index is 4.17. The van der Waals surface area contributed by atoms with Crippen LogP contribution in [0.3, 0.4) is 0 Å². The first-order valence-corrected chi connectivity index (χ1v) is 6.62. The van der Waals surface area contributed by atoms with Crippen molar-refractivity contribution in [2.24, 2.45) is 0 Å². The lowest BCUT2D eigenvalue weighted by atomic mass is 10.6. The predicted octanol–water partition coefficient (Wildman–Crippen LogP) is 3.55. The predicted molar refractivity (Wildman–Crippen MR) is 64.2 cm³/mol. The summed E-state index contributed by atoms with van der Waals surface area (Å²) in [6.07, 6.45) is 9.03. The summed E-state index contributed by atoms with van der Waals surface area (Å²) < 4.78 is 22.4. The molecule has 0 aliphatic carbocycles. The molecule has 0 heterocycles. The summed E-state index contributed by atoms with van der Waals surface area (Å²) in [7, 11) is -3.00. The second-order valence-electron chi connectivity index (χ2n) is 2.81. The van der Waals surface area contributed by atoms with Gasteiger partial charge >= 0.3 is 7.60 Å². The second kappa shape index (κ2) is 8.66. The van der Waals surface area contributed by atoms with Crippen LogP contribution in [0.4, 0.5) is 0 Å². The Labute approximate surface area is 92.0 Å². The summed E-state index contributed by atoms with van der Waals surface area (Å²) in [4.78, 5) is 0. The molecule has 0 rings (SSSR count). The highest BCUT2D eigenvalue weighted by Gasteiger charge is 2.21. The lowest BCUT2D eigenvalue weighted by Crippen LogP contribution is -1.99. The minimum Gasteiger partial charge on any atom is -0.304 e. The molecule has 0 aliphatic heterocycles. The molecule has 0 unspecified atom stereocenters. The summed E-state index contributed by atoms with van der Waals surface area (Å²) >= 11 is 0. The van der Waals surface area contributed by atoms with Crippen LogP contribution in [0.25, 0.3) is 0 Å². The molecule has 15 heavy (non-hydrogen) atoms. The van der Waals surface area contributed by atoms with E-state index in [1.54, 1.807) is 18.2 Å². The molecule has 0 aliphatic rings. The van der Waals surface area contributed by atoms with Gasteiger partial charge in [0.2, 0.25) is 0 Å². The molecular weight excluding hydrogens is 211 g/mol. The molecule has 0 aromatic carbocycles. The molecule has 0 fully saturated rings. The maximum absolute atomic E-state index is 12.0. The van der Waals surface area contributed by atoms with E-state index in [0.717, 1.165) is 0 Å². The van der Waals surface area contributed by atoms with Crippen LogP contribution in [0.2, 0.25) is 0 Å². The van der Waals surface area contributed by atoms with Gasteiger partial charge in [-0.2, -0.15) is 0 Å². The standard InChI is InChI=1S/C11H19O3P/c1-4-7-9-13-15(12,11-6-3)14-10-8-5-2/h4-8H,3,9-11H2,1-2H3. The highest BCUT2D eigenvalue weighted by atomic mass is 31.2. The highest BCUT2D eigenvalue weighted by molar-refractivity contribution is 7.54. The molecule has 0 spiro atoms. The van der Waals surface area contributed by atoms with Gasteiger partial charge in [-0.05, 0) is 13.8 Å². The second-order valence-corrected chi connectivity index (χ2v) is 4.92. The number of allylic oxidation sites excluding steroid dienone is 3. The minimum atomic E-state index is -3.00. The lowest BCUT2D eigenvalue weighted by molar-refractivity contribution is 0.239. The van der Waals surface area contributed by atoms with Gasteiger partial charge in [0.15, 0.2) is 0 Å². The molecule has 0 aromatic rings. The van der Waals surface area contributed by atoms with Crippen LogP contribution >= 0.6 is 7.60 Å². The highest BCUT2D eigenvalue weighted by Crippen LogP contribution is 2.47. The number of hydrogen-bond donors (Lipinski definition) is 0. The normalized spacial score (nSPS) is 15.9. The molecule has 0 aromatic heterocycles. The largest absolute Gasteiger partial charge is 0.335 e. The summed E-state index contributed by atoms with van der Waals surface area (Å²) in [5, 5.41) is 0. The summed E-state index contributed by atoms with van der Waals surface area (Å²) in [6.45, 7) is 7.89. The molecule has 3 nitrogen and oxygen atoms in total. The molecule has 0 bridgehead atoms. The third kappa shape index (κ3) is 7.32. The van der Waals surface area contributed by atoms with Gasteiger partial charge in [-0.3, -0.25) is 4.57 Å². The Morgan fingerprint density at radius 1 is 1.13 bits per heavy atom. The first-order valence-electron chi connectivity index (χ1n) is 4.90. The fourth-order valence-electron chi connectivity index (χ4n) is 0.806. The van der Waals surface area contributed by atoms with Crippen LogP contribution in [-0.4, -0.2) is 19.4 Å². The van der Waals surface area contributed by atoms with Gasteiger partial charge in [0.25, 0.3) is 0 Å². The van der Waals surface area contributed by atoms with Crippen molar-refractivity contribution in [3.05, 3.63) is 37.0 Å². The Bertz CT molecular complexity index is 249. The van der Waals surface area contributed by atoms with Gasteiger partial charge in [0, 0.05) is 0 Å². The fraction of sp³-hybridized carbons (Fsp3) is 0.455. The Morgan fingerprint density at radius 3 is 1.93 bits per heavy atom. The average Bonchev–Trinajstić information content (AvgIpc) is 2.19. The van der Waals surface area contributed by atoms with Crippen LogP contribution < -0.4 is 0 Å². The maximum atomic E-state index is 12.0. The lowest BCUT2D eigenvalue weighted by Gasteiger charge is -2.15. The molecule has 0 amide bonds. The first-order chi connectivity index (χ1) is 7.18. The summed E-state index contributed by atoms with van der Waals surface area (Å²) in [6, 6.07) is 0. The average molecular weight is 230 g/mol. The van der Waals surface area contributed by atoms with Crippen LogP contribution in [0.5, 0.6) is 0 Å². The third-order valence-corrected chi connectivity index (χ3v) is 3.35. The van der Waals surface area contributed by atoms with Gasteiger partial charge in [0.1, 0.15) is 0 Å². The van der Waals surface area contributed by atoms with E-state index in [9.17, 15) is 4.57 Å². The molecule has 0 saturated heterocycles. The van der Waals surface area contributed by atoms with Crippen LogP contribution in [0.15, 0.2) is 37.0 Å². The SMILES string of the molecule is C=CCP(=O)(OCC=CC)OCC=CC. The summed E-state index contributed by atoms with van der Waals surface area (Å²) in [5.74, 6) is 0. The zero-order chi connectivity index (χ0) is 11.6. The van der Waals surface area contributed by atoms with E-state index in [1.165, 1.54) is 0 Å². The van der Waals surface area contributed by atoms with Crippen molar-refractivity contribution in [2.45, 2.75) is 13.8 Å². The van der Waals surface area contributed by atoms with Gasteiger partial charge in [-0.15, -0.1) is 6.58 Å². The molecule has 4 heteroatoms. The molecular formula is C11H19O3P. The minimum absolute atomic E-state index is 0.238. The van der Waals surface area contributed by atoms with E-state index in [2.05, 4.69) is 6.58 Å². The van der Waals surface area contributed by atoms with Gasteiger partial charge in [0.05, 0.1) is 19.4 Å². The molecule has 0 atom stereocenters. The fourth-order valence-corrected chi connectivity index (χ4v) is 2.03. The molecule has 0 radical (unpaired) electrons. The first kappa shape index (κ1) is 14.4. The van der Waals surface area contributed by atoms with Crippen molar-refractivity contribution in [3.63, 3.8) is 0 Å². The number of hydrogen-bond acceptors (Lipinski definition) is 3. The van der Waals surface area contributed by atoms with Crippen LogP contribution in [0.1, 0.15) is 13.8 Å². The Morgan fingerprint density at radius 2 is 1.60 bits per heavy atom. The van der Waals surface area contributed by atoms with Crippen LogP contribution in [-0.2, 0) is 13.6 Å². The van der Waals surface area contributed by atoms with Crippen molar-refractivity contribution in [3.8, 4) is 0 Å². The maximum Gasteiger partial charge on any atom is 0.335 e. The van der Waals surface area contributed by atoms with Crippen molar-refractivity contribution >= 4 is 7.60 Å². The zero-order valence-corrected chi connectivity index (χ0v) is 10.3. The zero-order valence-electron chi connectivity index (χ0n) is 9.39. The monoisotopic (exact) mass is 230 g/mol. The Hall–Kier alpha value is -0.630. The van der Waals surface area contributed by atoms with E-state index in [0.29, 0.717) is 13.2 Å². The third-order valence-electron chi connectivity index (χ3n) is 1.56. The van der Waals surface area contributed by atoms with Gasteiger partial charge in [-0.1, -0.05) is 30.4 Å². The van der Waals surface area contributed by atoms with Crippen molar-refractivity contribution in [2.75, 3.05) is 19.4 Å². The van der Waals surface area contributed by atoms with E-state index >= 15 is 0 Å². The van der Waals surface area contributed by atoms with Crippen molar-refractivity contribution in [1.29, 1.82) is 0 Å². The number of rotatable bonds is 8. The van der Waals surface area contributed by atoms with Crippen molar-refractivity contribution < 1.29 is 13.6 Å². The topological polar surface area (TPSA) is 35.5 Å². The van der Waals surface area contributed by atoms with Gasteiger partial charge in [-0.25, -0.2) is 0 Å². The van der Waals surface area contributed by atoms with Crippen molar-refractivity contribution in [1.82, 2.24) is 0 Å².